The zero-order valence-corrected chi connectivity index (χ0v) is 26.4. The van der Waals surface area contributed by atoms with E-state index in [0.29, 0.717) is 13.0 Å². The molecule has 0 saturated heterocycles. The fourth-order valence-corrected chi connectivity index (χ4v) is 8.36. The molecule has 0 saturated carbocycles. The predicted octanol–water partition coefficient (Wildman–Crippen LogP) is 6.44. The van der Waals surface area contributed by atoms with Crippen molar-refractivity contribution in [2.24, 2.45) is 0 Å². The predicted molar refractivity (Wildman–Crippen MR) is 174 cm³/mol. The second kappa shape index (κ2) is 12.5. The van der Waals surface area contributed by atoms with E-state index >= 15 is 0 Å². The zero-order valence-electron chi connectivity index (χ0n) is 23.1. The van der Waals surface area contributed by atoms with Gasteiger partial charge in [0.2, 0.25) is 5.52 Å². The van der Waals surface area contributed by atoms with E-state index in [4.69, 9.17) is 4.18 Å². The first kappa shape index (κ1) is 29.9. The van der Waals surface area contributed by atoms with E-state index in [9.17, 15) is 21.7 Å². The van der Waals surface area contributed by atoms with E-state index in [1.165, 1.54) is 0 Å². The number of hydrogen-bond acceptors (Lipinski definition) is 8. The van der Waals surface area contributed by atoms with Gasteiger partial charge in [0.25, 0.3) is 5.01 Å². The molecule has 43 heavy (non-hydrogen) atoms. The summed E-state index contributed by atoms with van der Waals surface area (Å²) in [4.78, 5) is 2.94. The van der Waals surface area contributed by atoms with Crippen LogP contribution in [0.3, 0.4) is 0 Å². The first-order valence-corrected chi connectivity index (χ1v) is 17.9. The molecule has 6 rings (SSSR count). The van der Waals surface area contributed by atoms with Crippen LogP contribution in [0.4, 0.5) is 5.69 Å². The van der Waals surface area contributed by atoms with Gasteiger partial charge in [0, 0.05) is 22.9 Å². The van der Waals surface area contributed by atoms with Gasteiger partial charge in [0.1, 0.15) is 11.3 Å². The van der Waals surface area contributed by atoms with Crippen LogP contribution in [-0.4, -0.2) is 40.6 Å². The van der Waals surface area contributed by atoms with Crippen LogP contribution in [0, 0.1) is 0 Å². The van der Waals surface area contributed by atoms with Crippen LogP contribution >= 0.6 is 23.1 Å². The molecule has 0 spiro atoms. The molecule has 1 N–H and O–H groups in total. The normalized spacial score (nSPS) is 15.7. The van der Waals surface area contributed by atoms with Crippen molar-refractivity contribution in [2.45, 2.75) is 24.8 Å². The van der Waals surface area contributed by atoms with Gasteiger partial charge in [-0.15, -0.1) is 0 Å². The number of thioether (sulfide) groups is 1. The maximum atomic E-state index is 11.7. The third kappa shape index (κ3) is 6.41. The standard InChI is InChI=1S/C31H28N2O6S4/c1-2-21(19-28-32(15-17-39-42(34)35)30-24-9-5-3-7-22(24)11-13-26(30)40-28)20-29-33(16-18-43(36,37)38)31-25-10-6-4-8-23(25)12-14-27(31)41-29/h3-14,19-20H,2,15-18H2,1H3,(H-,34,35,36,37,38). The van der Waals surface area contributed by atoms with E-state index < -0.39 is 27.2 Å². The maximum absolute atomic E-state index is 11.7. The molecule has 0 bridgehead atoms. The van der Waals surface area contributed by atoms with Crippen LogP contribution in [0.1, 0.15) is 18.4 Å². The molecule has 0 radical (unpaired) electrons. The lowest BCUT2D eigenvalue weighted by atomic mass is 10.1. The molecule has 0 fully saturated rings. The Morgan fingerprint density at radius 3 is 2.47 bits per heavy atom. The first-order chi connectivity index (χ1) is 20.7. The van der Waals surface area contributed by atoms with Crippen LogP contribution in [-0.2, 0) is 32.2 Å². The molecule has 1 aromatic heterocycles. The third-order valence-corrected chi connectivity index (χ3v) is 10.6. The highest BCUT2D eigenvalue weighted by molar-refractivity contribution is 8.03. The van der Waals surface area contributed by atoms with Gasteiger partial charge in [-0.05, 0) is 47.0 Å². The number of rotatable bonds is 10. The molecule has 2 heterocycles. The Morgan fingerprint density at radius 1 is 1.05 bits per heavy atom. The molecule has 0 aliphatic carbocycles. The second-order valence-corrected chi connectivity index (χ2v) is 14.3. The van der Waals surface area contributed by atoms with Crippen molar-refractivity contribution in [2.75, 3.05) is 23.8 Å². The summed E-state index contributed by atoms with van der Waals surface area (Å²) in [6.07, 6.45) is 4.86. The average molecular weight is 653 g/mol. The molecule has 0 amide bonds. The molecular weight excluding hydrogens is 625 g/mol. The number of allylic oxidation sites excluding steroid dienone is 2. The molecule has 1 aliphatic rings. The van der Waals surface area contributed by atoms with E-state index in [2.05, 4.69) is 54.0 Å². The van der Waals surface area contributed by atoms with E-state index in [0.717, 1.165) is 58.0 Å². The minimum absolute atomic E-state index is 0.0488. The summed E-state index contributed by atoms with van der Waals surface area (Å²) < 4.78 is 63.6. The Kier molecular flexibility index (Phi) is 8.70. The van der Waals surface area contributed by atoms with Crippen LogP contribution in [0.25, 0.3) is 37.8 Å². The lowest BCUT2D eigenvalue weighted by Gasteiger charge is -2.23. The molecule has 4 aromatic carbocycles. The Hall–Kier alpha value is -3.10. The molecule has 12 heteroatoms. The summed E-state index contributed by atoms with van der Waals surface area (Å²) in [6.45, 7) is 2.54. The van der Waals surface area contributed by atoms with Crippen molar-refractivity contribution in [3.63, 3.8) is 0 Å². The molecular formula is C31H28N2O6S4. The summed E-state index contributed by atoms with van der Waals surface area (Å²) in [5.41, 5.74) is 2.94. The largest absolute Gasteiger partial charge is 0.748 e. The van der Waals surface area contributed by atoms with E-state index in [-0.39, 0.29) is 13.2 Å². The van der Waals surface area contributed by atoms with Gasteiger partial charge in [-0.25, -0.2) is 8.42 Å². The van der Waals surface area contributed by atoms with Gasteiger partial charge in [0.05, 0.1) is 32.0 Å². The summed E-state index contributed by atoms with van der Waals surface area (Å²) >= 11 is 0.821. The summed E-state index contributed by atoms with van der Waals surface area (Å²) in [7, 11) is -4.42. The summed E-state index contributed by atoms with van der Waals surface area (Å²) in [5, 5.41) is 6.01. The minimum atomic E-state index is -4.42. The van der Waals surface area contributed by atoms with Crippen molar-refractivity contribution in [3.8, 4) is 0 Å². The topological polar surface area (TPSA) is 111 Å². The van der Waals surface area contributed by atoms with Crippen molar-refractivity contribution < 1.29 is 30.5 Å². The second-order valence-electron chi connectivity index (χ2n) is 9.97. The highest BCUT2D eigenvalue weighted by Crippen LogP contribution is 2.49. The van der Waals surface area contributed by atoms with Gasteiger partial charge in [-0.2, -0.15) is 8.78 Å². The number of anilines is 1. The number of thiazole rings is 1. The molecule has 1 aliphatic heterocycles. The number of aromatic nitrogens is 1. The monoisotopic (exact) mass is 652 g/mol. The van der Waals surface area contributed by atoms with Crippen molar-refractivity contribution in [3.05, 3.63) is 94.5 Å². The summed E-state index contributed by atoms with van der Waals surface area (Å²) in [6, 6.07) is 24.3. The Bertz CT molecular complexity index is 2050. The van der Waals surface area contributed by atoms with E-state index in [1.54, 1.807) is 23.1 Å². The Labute approximate surface area is 260 Å². The van der Waals surface area contributed by atoms with Crippen LogP contribution < -0.4 is 9.47 Å². The van der Waals surface area contributed by atoms with Crippen molar-refractivity contribution in [1.82, 2.24) is 0 Å². The third-order valence-electron chi connectivity index (χ3n) is 7.32. The molecule has 1 unspecified atom stereocenters. The van der Waals surface area contributed by atoms with Gasteiger partial charge in [-0.1, -0.05) is 84.6 Å². The molecule has 222 valence electrons. The number of benzene rings is 4. The van der Waals surface area contributed by atoms with Crippen LogP contribution in [0.2, 0.25) is 0 Å². The van der Waals surface area contributed by atoms with Crippen molar-refractivity contribution in [1.29, 1.82) is 0 Å². The average Bonchev–Trinajstić information content (AvgIpc) is 3.52. The lowest BCUT2D eigenvalue weighted by Crippen LogP contribution is -2.37. The lowest BCUT2D eigenvalue weighted by molar-refractivity contribution is -0.668. The molecule has 1 atom stereocenters. The number of hydrogen-bond donors (Lipinski definition) is 1. The van der Waals surface area contributed by atoms with Gasteiger partial charge in [0.15, 0.2) is 6.54 Å². The van der Waals surface area contributed by atoms with Gasteiger partial charge >= 0.3 is 11.4 Å². The van der Waals surface area contributed by atoms with E-state index in [1.807, 2.05) is 47.4 Å². The van der Waals surface area contributed by atoms with Crippen LogP contribution in [0.5, 0.6) is 0 Å². The fraction of sp³-hybridized carbons (Fsp3) is 0.194. The highest BCUT2D eigenvalue weighted by Gasteiger charge is 2.28. The zero-order chi connectivity index (χ0) is 30.1. The SMILES string of the molecule is CCC(=Cc1sc2ccc3ccccc3c2[n+]1CCOS(=O)O)C=C1Sc2ccc3ccccc3c2N1CCS(=O)(=O)[O-]. The van der Waals surface area contributed by atoms with Gasteiger partial charge < -0.3 is 9.45 Å². The van der Waals surface area contributed by atoms with Gasteiger partial charge in [-0.3, -0.25) is 8.74 Å². The molecule has 8 nitrogen and oxygen atoms in total. The molecule has 5 aromatic rings. The fourth-order valence-electron chi connectivity index (χ4n) is 5.37. The van der Waals surface area contributed by atoms with Crippen LogP contribution in [0.15, 0.2) is 94.4 Å². The van der Waals surface area contributed by atoms with Crippen molar-refractivity contribution >= 4 is 88.1 Å². The Balaban J connectivity index is 1.46. The first-order valence-electron chi connectivity index (χ1n) is 13.6. The highest BCUT2D eigenvalue weighted by atomic mass is 32.2. The maximum Gasteiger partial charge on any atom is 0.302 e. The minimum Gasteiger partial charge on any atom is -0.748 e. The number of fused-ring (bicyclic) bond motifs is 6. The number of nitrogens with zero attached hydrogens (tertiary/aromatic N) is 2. The summed E-state index contributed by atoms with van der Waals surface area (Å²) in [5.74, 6) is -0.506. The smallest absolute Gasteiger partial charge is 0.302 e. The Morgan fingerprint density at radius 2 is 1.74 bits per heavy atom. The quantitative estimate of drug-likeness (QED) is 0.104.